The van der Waals surface area contributed by atoms with E-state index in [9.17, 15) is 4.79 Å². The lowest BCUT2D eigenvalue weighted by molar-refractivity contribution is -0.120. The van der Waals surface area contributed by atoms with E-state index in [1.54, 1.807) is 6.92 Å². The van der Waals surface area contributed by atoms with Crippen LogP contribution in [0.25, 0.3) is 4.85 Å². The molecule has 2 aromatic rings. The van der Waals surface area contributed by atoms with E-state index in [1.807, 2.05) is 12.1 Å². The highest BCUT2D eigenvalue weighted by atomic mass is 16.1. The first-order valence-electron chi connectivity index (χ1n) is 13.7. The molecule has 36 heavy (non-hydrogen) atoms. The number of hydrogen-bond donors (Lipinski definition) is 1. The summed E-state index contributed by atoms with van der Waals surface area (Å²) in [5.74, 6) is 1.96. The van der Waals surface area contributed by atoms with E-state index in [1.165, 1.54) is 56.6 Å². The molecule has 190 valence electrons. The van der Waals surface area contributed by atoms with E-state index in [2.05, 4.69) is 69.3 Å². The van der Waals surface area contributed by atoms with Gasteiger partial charge in [0, 0.05) is 49.6 Å². The maximum atomic E-state index is 12.0. The molecule has 1 amide bonds. The number of likely N-dealkylation sites (tertiary alicyclic amines) is 1. The van der Waals surface area contributed by atoms with E-state index in [0.29, 0.717) is 17.5 Å². The van der Waals surface area contributed by atoms with Gasteiger partial charge in [0.25, 0.3) is 0 Å². The van der Waals surface area contributed by atoms with Crippen LogP contribution in [-0.4, -0.2) is 49.6 Å². The molecule has 2 heterocycles. The highest BCUT2D eigenvalue weighted by molar-refractivity contribution is 5.73. The van der Waals surface area contributed by atoms with Gasteiger partial charge in [-0.25, -0.2) is 4.85 Å². The molecular weight excluding hydrogens is 444 g/mol. The predicted octanol–water partition coefficient (Wildman–Crippen LogP) is 5.65. The van der Waals surface area contributed by atoms with Crippen LogP contribution in [0, 0.1) is 24.3 Å². The molecule has 1 unspecified atom stereocenters. The van der Waals surface area contributed by atoms with Crippen molar-refractivity contribution in [2.45, 2.75) is 57.4 Å². The summed E-state index contributed by atoms with van der Waals surface area (Å²) in [6.45, 7) is 17.0. The lowest BCUT2D eigenvalue weighted by Gasteiger charge is -2.50. The fourth-order valence-electron chi connectivity index (χ4n) is 7.38. The van der Waals surface area contributed by atoms with Gasteiger partial charge in [-0.05, 0) is 68.3 Å². The van der Waals surface area contributed by atoms with Crippen LogP contribution in [0.15, 0.2) is 54.6 Å². The molecule has 1 saturated carbocycles. The molecular formula is C31H40N4O. The minimum absolute atomic E-state index is 0.0851. The molecule has 3 atom stereocenters. The van der Waals surface area contributed by atoms with Crippen molar-refractivity contribution in [2.24, 2.45) is 17.8 Å². The van der Waals surface area contributed by atoms with Crippen LogP contribution >= 0.6 is 0 Å². The monoisotopic (exact) mass is 484 g/mol. The average Bonchev–Trinajstić information content (AvgIpc) is 3.34. The fourth-order valence-corrected chi connectivity index (χ4v) is 7.38. The van der Waals surface area contributed by atoms with Crippen LogP contribution in [0.3, 0.4) is 0 Å². The van der Waals surface area contributed by atoms with Crippen LogP contribution in [0.2, 0.25) is 0 Å². The van der Waals surface area contributed by atoms with Crippen molar-refractivity contribution in [3.63, 3.8) is 0 Å². The van der Waals surface area contributed by atoms with E-state index in [0.717, 1.165) is 25.4 Å². The molecule has 1 aliphatic carbocycles. The molecule has 3 aliphatic rings. The third-order valence-electron chi connectivity index (χ3n) is 9.32. The highest BCUT2D eigenvalue weighted by Gasteiger charge is 2.48. The number of carbonyl (C=O) groups is 1. The van der Waals surface area contributed by atoms with Gasteiger partial charge < -0.3 is 15.1 Å². The summed E-state index contributed by atoms with van der Waals surface area (Å²) in [4.78, 5) is 20.6. The molecule has 2 aliphatic heterocycles. The summed E-state index contributed by atoms with van der Waals surface area (Å²) < 4.78 is 0. The Kier molecular flexibility index (Phi) is 7.34. The molecule has 1 N–H and O–H groups in total. The molecule has 5 nitrogen and oxygen atoms in total. The van der Waals surface area contributed by atoms with Crippen molar-refractivity contribution in [1.29, 1.82) is 0 Å². The van der Waals surface area contributed by atoms with Gasteiger partial charge in [0.15, 0.2) is 5.69 Å². The second-order valence-electron chi connectivity index (χ2n) is 11.5. The number of piperidine rings is 1. The lowest BCUT2D eigenvalue weighted by Crippen LogP contribution is -2.54. The predicted molar refractivity (Wildman–Crippen MR) is 146 cm³/mol. The number of anilines is 1. The standard InChI is InChI=1S/C31H40N4O/c1-23(36)33-30-11-7-10-29(30)31(2,25-8-5-4-6-9-25)26-16-18-34(19-17-26)20-24-21-35(22-24)28-14-12-27(32-3)13-15-28/h4-6,8-9,12-15,24,26,29-30H,7,10-11,16-22H2,1-2H3,(H,33,36)/t29-,30-,31?/m0/s1. The molecule has 0 bridgehead atoms. The number of amides is 1. The van der Waals surface area contributed by atoms with E-state index in [4.69, 9.17) is 6.57 Å². The summed E-state index contributed by atoms with van der Waals surface area (Å²) in [7, 11) is 0. The minimum Gasteiger partial charge on any atom is -0.371 e. The van der Waals surface area contributed by atoms with Crippen molar-refractivity contribution in [1.82, 2.24) is 10.2 Å². The average molecular weight is 485 g/mol. The number of carbonyl (C=O) groups excluding carboxylic acids is 1. The van der Waals surface area contributed by atoms with Gasteiger partial charge in [-0.1, -0.05) is 55.8 Å². The summed E-state index contributed by atoms with van der Waals surface area (Å²) >= 11 is 0. The van der Waals surface area contributed by atoms with Crippen LogP contribution in [-0.2, 0) is 10.2 Å². The summed E-state index contributed by atoms with van der Waals surface area (Å²) in [6, 6.07) is 19.4. The molecule has 0 radical (unpaired) electrons. The lowest BCUT2D eigenvalue weighted by atomic mass is 9.59. The number of benzene rings is 2. The Morgan fingerprint density at radius 3 is 2.36 bits per heavy atom. The van der Waals surface area contributed by atoms with Gasteiger partial charge in [0.1, 0.15) is 0 Å². The van der Waals surface area contributed by atoms with Gasteiger partial charge in [-0.2, -0.15) is 0 Å². The number of nitrogens with zero attached hydrogens (tertiary/aromatic N) is 3. The van der Waals surface area contributed by atoms with Gasteiger partial charge in [-0.15, -0.1) is 0 Å². The third-order valence-corrected chi connectivity index (χ3v) is 9.32. The van der Waals surface area contributed by atoms with Crippen LogP contribution < -0.4 is 10.2 Å². The number of rotatable bonds is 7. The Morgan fingerprint density at radius 2 is 1.72 bits per heavy atom. The minimum atomic E-state index is 0.0851. The second-order valence-corrected chi connectivity index (χ2v) is 11.5. The fraction of sp³-hybridized carbons (Fsp3) is 0.548. The van der Waals surface area contributed by atoms with Crippen molar-refractivity contribution in [2.75, 3.05) is 37.6 Å². The highest BCUT2D eigenvalue weighted by Crippen LogP contribution is 2.50. The molecule has 2 saturated heterocycles. The van der Waals surface area contributed by atoms with E-state index in [-0.39, 0.29) is 17.4 Å². The third kappa shape index (κ3) is 5.02. The largest absolute Gasteiger partial charge is 0.371 e. The van der Waals surface area contributed by atoms with Gasteiger partial charge in [0.05, 0.1) is 6.57 Å². The molecule has 2 aromatic carbocycles. The quantitative estimate of drug-likeness (QED) is 0.517. The molecule has 3 fully saturated rings. The molecule has 5 rings (SSSR count). The van der Waals surface area contributed by atoms with Crippen molar-refractivity contribution in [3.05, 3.63) is 71.6 Å². The summed E-state index contributed by atoms with van der Waals surface area (Å²) in [5, 5.41) is 3.31. The van der Waals surface area contributed by atoms with Crippen LogP contribution in [0.1, 0.15) is 51.5 Å². The first-order chi connectivity index (χ1) is 17.5. The van der Waals surface area contributed by atoms with Crippen molar-refractivity contribution >= 4 is 17.3 Å². The molecule has 0 aromatic heterocycles. The first-order valence-corrected chi connectivity index (χ1v) is 13.7. The summed E-state index contributed by atoms with van der Waals surface area (Å²) in [5.41, 5.74) is 3.48. The SMILES string of the molecule is [C-]#[N+]c1ccc(N2CC(CN3CCC(C(C)(c4ccccc4)[C@H]4CCC[C@@H]4NC(C)=O)CC3)C2)cc1. The first kappa shape index (κ1) is 24.8. The number of nitrogens with one attached hydrogen (secondary N) is 1. The summed E-state index contributed by atoms with van der Waals surface area (Å²) in [6.07, 6.45) is 5.96. The Bertz CT molecular complexity index is 1060. The van der Waals surface area contributed by atoms with Crippen LogP contribution in [0.5, 0.6) is 0 Å². The molecule has 5 heteroatoms. The normalized spacial score (nSPS) is 25.1. The Morgan fingerprint density at radius 1 is 1.03 bits per heavy atom. The number of hydrogen-bond acceptors (Lipinski definition) is 3. The van der Waals surface area contributed by atoms with Crippen molar-refractivity contribution in [3.8, 4) is 0 Å². The van der Waals surface area contributed by atoms with E-state index < -0.39 is 0 Å². The van der Waals surface area contributed by atoms with Gasteiger partial charge >= 0.3 is 0 Å². The van der Waals surface area contributed by atoms with Crippen molar-refractivity contribution < 1.29 is 4.79 Å². The zero-order valence-electron chi connectivity index (χ0n) is 21.8. The maximum Gasteiger partial charge on any atom is 0.217 e. The second kappa shape index (κ2) is 10.6. The van der Waals surface area contributed by atoms with Gasteiger partial charge in [0.2, 0.25) is 5.91 Å². The maximum absolute atomic E-state index is 12.0. The Balaban J connectivity index is 1.20. The topological polar surface area (TPSA) is 39.9 Å². The Hall–Kier alpha value is -2.84. The van der Waals surface area contributed by atoms with Crippen LogP contribution in [0.4, 0.5) is 11.4 Å². The zero-order valence-corrected chi connectivity index (χ0v) is 21.8. The zero-order chi connectivity index (χ0) is 25.1. The van der Waals surface area contributed by atoms with E-state index >= 15 is 0 Å². The molecule has 0 spiro atoms. The Labute approximate surface area is 216 Å². The smallest absolute Gasteiger partial charge is 0.217 e. The van der Waals surface area contributed by atoms with Gasteiger partial charge in [-0.3, -0.25) is 4.79 Å².